The van der Waals surface area contributed by atoms with Gasteiger partial charge >= 0.3 is 0 Å². The summed E-state index contributed by atoms with van der Waals surface area (Å²) in [5.74, 6) is 1.62. The Hall–Kier alpha value is -1.78. The van der Waals surface area contributed by atoms with E-state index in [1.165, 1.54) is 0 Å². The average molecular weight is 233 g/mol. The summed E-state index contributed by atoms with van der Waals surface area (Å²) >= 11 is 0. The van der Waals surface area contributed by atoms with E-state index >= 15 is 0 Å². The maximum atomic E-state index is 4.54. The molecule has 0 spiro atoms. The molecule has 5 heteroatoms. The van der Waals surface area contributed by atoms with Crippen molar-refractivity contribution >= 4 is 22.8 Å². The molecule has 0 fully saturated rings. The fourth-order valence-electron chi connectivity index (χ4n) is 1.78. The van der Waals surface area contributed by atoms with Crippen molar-refractivity contribution in [3.05, 3.63) is 12.3 Å². The summed E-state index contributed by atoms with van der Waals surface area (Å²) in [5, 5.41) is 4.32. The Kier molecular flexibility index (Phi) is 2.92. The van der Waals surface area contributed by atoms with Gasteiger partial charge in [0.05, 0.1) is 5.39 Å². The van der Waals surface area contributed by atoms with Crippen LogP contribution in [0.2, 0.25) is 0 Å². The van der Waals surface area contributed by atoms with Gasteiger partial charge in [-0.25, -0.2) is 0 Å². The topological polar surface area (TPSA) is 46.0 Å². The number of nitrogens with zero attached hydrogens (tertiary/aromatic N) is 4. The van der Waals surface area contributed by atoms with E-state index in [0.29, 0.717) is 12.0 Å². The van der Waals surface area contributed by atoms with Crippen LogP contribution in [0.1, 0.15) is 13.8 Å². The van der Waals surface area contributed by atoms with Crippen LogP contribution in [0.3, 0.4) is 0 Å². The summed E-state index contributed by atoms with van der Waals surface area (Å²) in [5.41, 5.74) is 0.951. The molecule has 5 nitrogen and oxygen atoms in total. The molecule has 17 heavy (non-hydrogen) atoms. The van der Waals surface area contributed by atoms with Gasteiger partial charge in [0.2, 0.25) is 5.95 Å². The molecule has 0 saturated heterocycles. The molecule has 0 unspecified atom stereocenters. The van der Waals surface area contributed by atoms with Crippen LogP contribution < -0.4 is 10.2 Å². The zero-order chi connectivity index (χ0) is 12.6. The Morgan fingerprint density at radius 2 is 2.00 bits per heavy atom. The maximum Gasteiger partial charge on any atom is 0.226 e. The van der Waals surface area contributed by atoms with Crippen LogP contribution in [0.4, 0.5) is 11.8 Å². The lowest BCUT2D eigenvalue weighted by molar-refractivity contribution is 0.868. The van der Waals surface area contributed by atoms with E-state index in [0.717, 1.165) is 16.9 Å². The van der Waals surface area contributed by atoms with E-state index < -0.39 is 0 Å². The van der Waals surface area contributed by atoms with Crippen LogP contribution in [-0.4, -0.2) is 34.7 Å². The van der Waals surface area contributed by atoms with Crippen LogP contribution in [0.5, 0.6) is 0 Å². The molecular formula is C12H19N5. The minimum absolute atomic E-state index is 0.322. The number of nitrogens with one attached hydrogen (secondary N) is 1. The highest BCUT2D eigenvalue weighted by molar-refractivity contribution is 5.88. The highest BCUT2D eigenvalue weighted by Gasteiger charge is 2.12. The lowest BCUT2D eigenvalue weighted by Gasteiger charge is -2.15. The van der Waals surface area contributed by atoms with Gasteiger partial charge in [0, 0.05) is 33.4 Å². The second-order valence-corrected chi connectivity index (χ2v) is 4.73. The van der Waals surface area contributed by atoms with Gasteiger partial charge in [-0.1, -0.05) is 0 Å². The van der Waals surface area contributed by atoms with Crippen LogP contribution >= 0.6 is 0 Å². The second kappa shape index (κ2) is 4.24. The molecule has 0 aliphatic rings. The van der Waals surface area contributed by atoms with Gasteiger partial charge in [0.1, 0.15) is 11.5 Å². The molecule has 0 radical (unpaired) electrons. The molecule has 1 N–H and O–H groups in total. The number of fused-ring (bicyclic) bond motifs is 1. The van der Waals surface area contributed by atoms with E-state index in [2.05, 4.69) is 29.1 Å². The Balaban J connectivity index is 2.60. The van der Waals surface area contributed by atoms with Gasteiger partial charge in [0.15, 0.2) is 0 Å². The first-order valence-corrected chi connectivity index (χ1v) is 5.76. The van der Waals surface area contributed by atoms with E-state index in [1.54, 1.807) is 0 Å². The molecule has 0 aliphatic carbocycles. The summed E-state index contributed by atoms with van der Waals surface area (Å²) < 4.78 is 2.01. The average Bonchev–Trinajstić information content (AvgIpc) is 2.59. The van der Waals surface area contributed by atoms with Crippen molar-refractivity contribution in [2.75, 3.05) is 24.3 Å². The van der Waals surface area contributed by atoms with E-state index in [1.807, 2.05) is 42.9 Å². The zero-order valence-corrected chi connectivity index (χ0v) is 11.0. The first-order chi connectivity index (χ1) is 7.99. The largest absolute Gasteiger partial charge is 0.362 e. The molecule has 0 saturated carbocycles. The third-order valence-electron chi connectivity index (χ3n) is 2.55. The molecule has 0 aliphatic heterocycles. The van der Waals surface area contributed by atoms with Gasteiger partial charge in [-0.05, 0) is 19.9 Å². The number of aromatic nitrogens is 3. The Labute approximate surface area is 101 Å². The predicted molar refractivity (Wildman–Crippen MR) is 71.6 cm³/mol. The normalized spacial score (nSPS) is 11.2. The molecule has 92 valence electrons. The highest BCUT2D eigenvalue weighted by atomic mass is 15.2. The SMILES string of the molecule is CC(C)Nc1nc(N(C)C)c2ccn(C)c2n1. The van der Waals surface area contributed by atoms with Gasteiger partial charge in [-0.15, -0.1) is 0 Å². The Bertz CT molecular complexity index is 527. The minimum atomic E-state index is 0.322. The van der Waals surface area contributed by atoms with Crippen LogP contribution in [0.25, 0.3) is 11.0 Å². The number of anilines is 2. The molecule has 2 heterocycles. The Morgan fingerprint density at radius 1 is 1.29 bits per heavy atom. The smallest absolute Gasteiger partial charge is 0.226 e. The summed E-state index contributed by atoms with van der Waals surface area (Å²) in [6.45, 7) is 4.15. The van der Waals surface area contributed by atoms with Gasteiger partial charge in [-0.2, -0.15) is 9.97 Å². The van der Waals surface area contributed by atoms with Crippen LogP contribution in [0, 0.1) is 0 Å². The maximum absolute atomic E-state index is 4.54. The van der Waals surface area contributed by atoms with Crippen molar-refractivity contribution in [1.29, 1.82) is 0 Å². The summed E-state index contributed by atoms with van der Waals surface area (Å²) in [4.78, 5) is 11.1. The van der Waals surface area contributed by atoms with Crippen LogP contribution in [0.15, 0.2) is 12.3 Å². The first-order valence-electron chi connectivity index (χ1n) is 5.76. The minimum Gasteiger partial charge on any atom is -0.362 e. The quantitative estimate of drug-likeness (QED) is 0.879. The van der Waals surface area contributed by atoms with Gasteiger partial charge in [-0.3, -0.25) is 0 Å². The third-order valence-corrected chi connectivity index (χ3v) is 2.55. The van der Waals surface area contributed by atoms with Crippen molar-refractivity contribution in [3.8, 4) is 0 Å². The standard InChI is InChI=1S/C12H19N5/c1-8(2)13-12-14-10(16(3)4)9-6-7-17(5)11(9)15-12/h6-8H,1-5H3,(H,13,14,15). The molecule has 0 bridgehead atoms. The summed E-state index contributed by atoms with van der Waals surface area (Å²) in [7, 11) is 5.98. The number of rotatable bonds is 3. The molecule has 0 amide bonds. The molecule has 0 aromatic carbocycles. The Morgan fingerprint density at radius 3 is 2.59 bits per heavy atom. The summed E-state index contributed by atoms with van der Waals surface area (Å²) in [6.07, 6.45) is 2.01. The van der Waals surface area contributed by atoms with Gasteiger partial charge < -0.3 is 14.8 Å². The third kappa shape index (κ3) is 2.18. The lowest BCUT2D eigenvalue weighted by atomic mass is 10.3. The molecule has 0 atom stereocenters. The van der Waals surface area contributed by atoms with Crippen molar-refractivity contribution in [2.24, 2.45) is 7.05 Å². The van der Waals surface area contributed by atoms with Crippen molar-refractivity contribution in [1.82, 2.24) is 14.5 Å². The van der Waals surface area contributed by atoms with E-state index in [-0.39, 0.29) is 0 Å². The van der Waals surface area contributed by atoms with Crippen molar-refractivity contribution in [3.63, 3.8) is 0 Å². The monoisotopic (exact) mass is 233 g/mol. The fraction of sp³-hybridized carbons (Fsp3) is 0.500. The van der Waals surface area contributed by atoms with E-state index in [9.17, 15) is 0 Å². The number of aryl methyl sites for hydroxylation is 1. The second-order valence-electron chi connectivity index (χ2n) is 4.73. The molecular weight excluding hydrogens is 214 g/mol. The van der Waals surface area contributed by atoms with E-state index in [4.69, 9.17) is 0 Å². The first kappa shape index (κ1) is 11.7. The zero-order valence-electron chi connectivity index (χ0n) is 11.0. The van der Waals surface area contributed by atoms with Crippen molar-refractivity contribution in [2.45, 2.75) is 19.9 Å². The lowest BCUT2D eigenvalue weighted by Crippen LogP contribution is -2.16. The number of hydrogen-bond donors (Lipinski definition) is 1. The van der Waals surface area contributed by atoms with Crippen LogP contribution in [-0.2, 0) is 7.05 Å². The fourth-order valence-corrected chi connectivity index (χ4v) is 1.78. The molecule has 2 aromatic heterocycles. The summed E-state index contributed by atoms with van der Waals surface area (Å²) in [6, 6.07) is 2.37. The van der Waals surface area contributed by atoms with Gasteiger partial charge in [0.25, 0.3) is 0 Å². The highest BCUT2D eigenvalue weighted by Crippen LogP contribution is 2.24. The number of hydrogen-bond acceptors (Lipinski definition) is 4. The molecule has 2 rings (SSSR count). The predicted octanol–water partition coefficient (Wildman–Crippen LogP) is 1.85. The van der Waals surface area contributed by atoms with Crippen molar-refractivity contribution < 1.29 is 0 Å². The molecule has 2 aromatic rings.